The molecule has 110 valence electrons. The number of carbonyl (C=O) groups is 1. The Balaban J connectivity index is 2.00. The Bertz CT molecular complexity index is 596. The second-order valence-corrected chi connectivity index (χ2v) is 5.88. The van der Waals surface area contributed by atoms with Crippen LogP contribution < -0.4 is 5.32 Å². The fraction of sp³-hybridized carbons (Fsp3) is 0.294. The van der Waals surface area contributed by atoms with Gasteiger partial charge in [-0.1, -0.05) is 12.1 Å². The first-order valence-electron chi connectivity index (χ1n) is 7.01. The zero-order valence-corrected chi connectivity index (χ0v) is 13.2. The maximum Gasteiger partial charge on any atom is 0.251 e. The first-order chi connectivity index (χ1) is 10.2. The predicted molar refractivity (Wildman–Crippen MR) is 89.7 cm³/mol. The molecule has 0 aliphatic rings. The fourth-order valence-electron chi connectivity index (χ4n) is 2.01. The number of pyridine rings is 1. The first kappa shape index (κ1) is 15.6. The van der Waals surface area contributed by atoms with Gasteiger partial charge in [-0.3, -0.25) is 9.78 Å². The van der Waals surface area contributed by atoms with Crippen LogP contribution in [0.15, 0.2) is 42.6 Å². The lowest BCUT2D eigenvalue weighted by atomic mass is 10.1. The van der Waals surface area contributed by atoms with Crippen LogP contribution in [0.3, 0.4) is 0 Å². The Morgan fingerprint density at radius 2 is 2.00 bits per heavy atom. The molecule has 0 fully saturated rings. The van der Waals surface area contributed by atoms with E-state index < -0.39 is 0 Å². The normalized spacial score (nSPS) is 10.4. The predicted octanol–water partition coefficient (Wildman–Crippen LogP) is 3.54. The van der Waals surface area contributed by atoms with Crippen LogP contribution >= 0.6 is 11.8 Å². The molecule has 0 saturated heterocycles. The maximum atomic E-state index is 12.0. The fourth-order valence-corrected chi connectivity index (χ4v) is 2.44. The van der Waals surface area contributed by atoms with Gasteiger partial charge in [0.15, 0.2) is 0 Å². The van der Waals surface area contributed by atoms with Crippen molar-refractivity contribution in [2.24, 2.45) is 0 Å². The molecule has 0 aliphatic heterocycles. The van der Waals surface area contributed by atoms with E-state index in [-0.39, 0.29) is 5.91 Å². The summed E-state index contributed by atoms with van der Waals surface area (Å²) in [5.74, 6) is 1.05. The number of nitrogens with zero attached hydrogens (tertiary/aromatic N) is 1. The summed E-state index contributed by atoms with van der Waals surface area (Å²) in [7, 11) is 0. The van der Waals surface area contributed by atoms with E-state index in [1.165, 1.54) is 5.56 Å². The van der Waals surface area contributed by atoms with Crippen LogP contribution in [0.25, 0.3) is 11.3 Å². The number of aryl methyl sites for hydroxylation is 1. The van der Waals surface area contributed by atoms with E-state index in [2.05, 4.69) is 16.6 Å². The van der Waals surface area contributed by atoms with Crippen molar-refractivity contribution >= 4 is 17.7 Å². The number of carbonyl (C=O) groups excluding carboxylic acids is 1. The minimum atomic E-state index is -0.0140. The van der Waals surface area contributed by atoms with Crippen molar-refractivity contribution in [1.82, 2.24) is 10.3 Å². The van der Waals surface area contributed by atoms with Crippen LogP contribution in [0.2, 0.25) is 0 Å². The summed E-state index contributed by atoms with van der Waals surface area (Å²) >= 11 is 1.79. The molecule has 21 heavy (non-hydrogen) atoms. The van der Waals surface area contributed by atoms with Crippen molar-refractivity contribution in [3.05, 3.63) is 53.7 Å². The van der Waals surface area contributed by atoms with Gasteiger partial charge in [0.1, 0.15) is 0 Å². The van der Waals surface area contributed by atoms with Crippen molar-refractivity contribution in [3.63, 3.8) is 0 Å². The molecule has 1 N–H and O–H groups in total. The van der Waals surface area contributed by atoms with Gasteiger partial charge in [-0.2, -0.15) is 11.8 Å². The number of aromatic nitrogens is 1. The minimum absolute atomic E-state index is 0.0140. The number of rotatable bonds is 6. The lowest BCUT2D eigenvalue weighted by Gasteiger charge is -2.06. The molecule has 2 rings (SSSR count). The zero-order valence-electron chi connectivity index (χ0n) is 12.4. The SMILES string of the molecule is CSCCCNC(=O)c1ccc(-c2cc(C)ccn2)cc1. The largest absolute Gasteiger partial charge is 0.352 e. The molecule has 0 unspecified atom stereocenters. The van der Waals surface area contributed by atoms with Crippen LogP contribution in [-0.2, 0) is 0 Å². The molecule has 1 amide bonds. The molecular weight excluding hydrogens is 280 g/mol. The second kappa shape index (κ2) is 7.84. The van der Waals surface area contributed by atoms with Crippen molar-refractivity contribution in [2.45, 2.75) is 13.3 Å². The van der Waals surface area contributed by atoms with Crippen molar-refractivity contribution in [3.8, 4) is 11.3 Å². The third-order valence-electron chi connectivity index (χ3n) is 3.17. The molecule has 0 aliphatic carbocycles. The highest BCUT2D eigenvalue weighted by atomic mass is 32.2. The third-order valence-corrected chi connectivity index (χ3v) is 3.87. The van der Waals surface area contributed by atoms with Gasteiger partial charge in [0, 0.05) is 23.9 Å². The summed E-state index contributed by atoms with van der Waals surface area (Å²) < 4.78 is 0. The highest BCUT2D eigenvalue weighted by Crippen LogP contribution is 2.18. The van der Waals surface area contributed by atoms with Gasteiger partial charge in [-0.15, -0.1) is 0 Å². The van der Waals surface area contributed by atoms with Gasteiger partial charge in [0.2, 0.25) is 0 Å². The summed E-state index contributed by atoms with van der Waals surface area (Å²) in [6, 6.07) is 11.6. The molecule has 1 heterocycles. The third kappa shape index (κ3) is 4.60. The van der Waals surface area contributed by atoms with E-state index in [9.17, 15) is 4.79 Å². The quantitative estimate of drug-likeness (QED) is 0.830. The highest BCUT2D eigenvalue weighted by Gasteiger charge is 2.05. The van der Waals surface area contributed by atoms with Crippen LogP contribution in [-0.4, -0.2) is 29.4 Å². The van der Waals surface area contributed by atoms with Crippen LogP contribution in [0, 0.1) is 6.92 Å². The first-order valence-corrected chi connectivity index (χ1v) is 8.40. The van der Waals surface area contributed by atoms with Crippen molar-refractivity contribution in [1.29, 1.82) is 0 Å². The zero-order chi connectivity index (χ0) is 15.1. The molecule has 0 radical (unpaired) electrons. The molecule has 0 atom stereocenters. The standard InChI is InChI=1S/C17H20N2OS/c1-13-8-10-18-16(12-13)14-4-6-15(7-5-14)17(20)19-9-3-11-21-2/h4-8,10,12H,3,9,11H2,1-2H3,(H,19,20). The molecule has 0 bridgehead atoms. The summed E-state index contributed by atoms with van der Waals surface area (Å²) in [6.07, 6.45) is 4.87. The van der Waals surface area contributed by atoms with Crippen LogP contribution in [0.5, 0.6) is 0 Å². The topological polar surface area (TPSA) is 42.0 Å². The van der Waals surface area contributed by atoms with E-state index in [0.717, 1.165) is 30.0 Å². The highest BCUT2D eigenvalue weighted by molar-refractivity contribution is 7.98. The molecule has 0 spiro atoms. The van der Waals surface area contributed by atoms with E-state index in [1.807, 2.05) is 43.3 Å². The van der Waals surface area contributed by atoms with Gasteiger partial charge >= 0.3 is 0 Å². The molecule has 1 aromatic heterocycles. The Labute approximate surface area is 130 Å². The van der Waals surface area contributed by atoms with E-state index >= 15 is 0 Å². The number of nitrogens with one attached hydrogen (secondary N) is 1. The molecule has 1 aromatic carbocycles. The van der Waals surface area contributed by atoms with Crippen LogP contribution in [0.1, 0.15) is 22.3 Å². The lowest BCUT2D eigenvalue weighted by Crippen LogP contribution is -2.24. The maximum absolute atomic E-state index is 12.0. The van der Waals surface area contributed by atoms with Gasteiger partial charge in [-0.25, -0.2) is 0 Å². The number of thioether (sulfide) groups is 1. The Hall–Kier alpha value is -1.81. The smallest absolute Gasteiger partial charge is 0.251 e. The number of hydrogen-bond acceptors (Lipinski definition) is 3. The van der Waals surface area contributed by atoms with Gasteiger partial charge in [0.05, 0.1) is 5.69 Å². The summed E-state index contributed by atoms with van der Waals surface area (Å²) in [5, 5.41) is 2.93. The Morgan fingerprint density at radius 1 is 1.24 bits per heavy atom. The van der Waals surface area contributed by atoms with Gasteiger partial charge in [-0.05, 0) is 55.2 Å². The summed E-state index contributed by atoms with van der Waals surface area (Å²) in [6.45, 7) is 2.77. The van der Waals surface area contributed by atoms with E-state index in [4.69, 9.17) is 0 Å². The van der Waals surface area contributed by atoms with E-state index in [0.29, 0.717) is 5.56 Å². The van der Waals surface area contributed by atoms with Crippen LogP contribution in [0.4, 0.5) is 0 Å². The number of amides is 1. The number of hydrogen-bond donors (Lipinski definition) is 1. The Kier molecular flexibility index (Phi) is 5.81. The van der Waals surface area contributed by atoms with Crippen molar-refractivity contribution in [2.75, 3.05) is 18.6 Å². The average Bonchev–Trinajstić information content (AvgIpc) is 2.51. The summed E-state index contributed by atoms with van der Waals surface area (Å²) in [5.41, 5.74) is 3.82. The molecule has 0 saturated carbocycles. The Morgan fingerprint density at radius 3 is 2.67 bits per heavy atom. The second-order valence-electron chi connectivity index (χ2n) is 4.90. The van der Waals surface area contributed by atoms with Crippen molar-refractivity contribution < 1.29 is 4.79 Å². The summed E-state index contributed by atoms with van der Waals surface area (Å²) in [4.78, 5) is 16.3. The monoisotopic (exact) mass is 300 g/mol. The molecule has 2 aromatic rings. The molecular formula is C17H20N2OS. The number of benzene rings is 1. The molecule has 4 heteroatoms. The van der Waals surface area contributed by atoms with E-state index in [1.54, 1.807) is 18.0 Å². The minimum Gasteiger partial charge on any atom is -0.352 e. The molecule has 3 nitrogen and oxygen atoms in total. The van der Waals surface area contributed by atoms with Gasteiger partial charge < -0.3 is 5.32 Å². The van der Waals surface area contributed by atoms with Gasteiger partial charge in [0.25, 0.3) is 5.91 Å². The average molecular weight is 300 g/mol. The lowest BCUT2D eigenvalue weighted by molar-refractivity contribution is 0.0954.